The molecule has 0 aliphatic heterocycles. The summed E-state index contributed by atoms with van der Waals surface area (Å²) in [7, 11) is 0. The number of nitrogens with one attached hydrogen (secondary N) is 2. The van der Waals surface area contributed by atoms with Crippen LogP contribution in [0, 0.1) is 0 Å². The molecule has 0 saturated carbocycles. The second-order valence-electron chi connectivity index (χ2n) is 5.45. The fourth-order valence-electron chi connectivity index (χ4n) is 1.88. The lowest BCUT2D eigenvalue weighted by Gasteiger charge is -2.08. The number of carbonyl (C=O) groups is 3. The molecule has 0 fully saturated rings. The molecule has 0 spiro atoms. The molecule has 0 unspecified atom stereocenters. The number of carbonyl (C=O) groups excluding carboxylic acids is 3. The lowest BCUT2D eigenvalue weighted by Crippen LogP contribution is -2.19. The summed E-state index contributed by atoms with van der Waals surface area (Å²) in [6.07, 6.45) is 0. The summed E-state index contributed by atoms with van der Waals surface area (Å²) in [5, 5.41) is 5.05. The predicted octanol–water partition coefficient (Wildman–Crippen LogP) is 1.73. The summed E-state index contributed by atoms with van der Waals surface area (Å²) in [5.74, 6) is -1.31. The number of nitrogens with two attached hydrogens (primary N) is 2. The van der Waals surface area contributed by atoms with Crippen LogP contribution in [0.15, 0.2) is 73.1 Å². The zero-order valence-electron chi connectivity index (χ0n) is 14.3. The molecular formula is C19H18N4O4. The standard InChI is InChI=1S/C19H18N4O4/c1-11(20)17(24)22-14-5-3-13(4-6-14)19(26)27-16-9-7-15(8-10-16)23-18(25)12(2)21/h3-10H,1-2,20-21H2,(H,22,24)(H,23,25). The fraction of sp³-hybridized carbons (Fsp3) is 0. The van der Waals surface area contributed by atoms with Crippen LogP contribution in [-0.2, 0) is 9.59 Å². The summed E-state index contributed by atoms with van der Waals surface area (Å²) in [4.78, 5) is 35.0. The summed E-state index contributed by atoms with van der Waals surface area (Å²) >= 11 is 0. The molecule has 8 nitrogen and oxygen atoms in total. The van der Waals surface area contributed by atoms with Gasteiger partial charge in [-0.05, 0) is 48.5 Å². The highest BCUT2D eigenvalue weighted by Crippen LogP contribution is 2.18. The minimum Gasteiger partial charge on any atom is -0.423 e. The highest BCUT2D eigenvalue weighted by molar-refractivity contribution is 6.03. The number of ether oxygens (including phenoxy) is 1. The molecule has 0 aromatic heterocycles. The molecule has 0 aliphatic rings. The van der Waals surface area contributed by atoms with Crippen molar-refractivity contribution >= 4 is 29.2 Å². The van der Waals surface area contributed by atoms with Crippen molar-refractivity contribution in [2.75, 3.05) is 10.6 Å². The SMILES string of the molecule is C=C(N)C(=O)Nc1ccc(OC(=O)c2ccc(NC(=O)C(=C)N)cc2)cc1. The zero-order valence-corrected chi connectivity index (χ0v) is 14.3. The molecular weight excluding hydrogens is 348 g/mol. The third-order valence-electron chi connectivity index (χ3n) is 3.28. The van der Waals surface area contributed by atoms with Crippen LogP contribution in [0.3, 0.4) is 0 Å². The maximum Gasteiger partial charge on any atom is 0.343 e. The van der Waals surface area contributed by atoms with Gasteiger partial charge in [0.15, 0.2) is 0 Å². The van der Waals surface area contributed by atoms with Crippen molar-refractivity contribution in [2.45, 2.75) is 0 Å². The first kappa shape index (κ1) is 19.3. The Labute approximate surface area is 155 Å². The van der Waals surface area contributed by atoms with Crippen molar-refractivity contribution < 1.29 is 19.1 Å². The lowest BCUT2D eigenvalue weighted by molar-refractivity contribution is -0.113. The maximum atomic E-state index is 12.2. The smallest absolute Gasteiger partial charge is 0.343 e. The van der Waals surface area contributed by atoms with Crippen LogP contribution in [0.1, 0.15) is 10.4 Å². The van der Waals surface area contributed by atoms with Gasteiger partial charge in [0.1, 0.15) is 5.75 Å². The first-order valence-corrected chi connectivity index (χ1v) is 7.70. The molecule has 2 aromatic carbocycles. The van der Waals surface area contributed by atoms with Gasteiger partial charge in [-0.2, -0.15) is 0 Å². The Bertz CT molecular complexity index is 902. The van der Waals surface area contributed by atoms with Gasteiger partial charge in [-0.25, -0.2) is 4.79 Å². The molecule has 27 heavy (non-hydrogen) atoms. The van der Waals surface area contributed by atoms with E-state index in [4.69, 9.17) is 16.2 Å². The second kappa shape index (κ2) is 8.34. The van der Waals surface area contributed by atoms with Gasteiger partial charge >= 0.3 is 5.97 Å². The molecule has 0 atom stereocenters. The molecule has 0 saturated heterocycles. The van der Waals surface area contributed by atoms with Crippen molar-refractivity contribution in [3.8, 4) is 5.75 Å². The summed E-state index contributed by atoms with van der Waals surface area (Å²) in [6, 6.07) is 12.2. The number of rotatable bonds is 6. The third-order valence-corrected chi connectivity index (χ3v) is 3.28. The number of hydrogen-bond donors (Lipinski definition) is 4. The van der Waals surface area contributed by atoms with E-state index in [2.05, 4.69) is 23.8 Å². The van der Waals surface area contributed by atoms with E-state index in [-0.39, 0.29) is 17.0 Å². The summed E-state index contributed by atoms with van der Waals surface area (Å²) in [5.41, 5.74) is 11.6. The normalized spacial score (nSPS) is 9.78. The van der Waals surface area contributed by atoms with Crippen LogP contribution in [0.2, 0.25) is 0 Å². The van der Waals surface area contributed by atoms with Crippen molar-refractivity contribution in [2.24, 2.45) is 11.5 Å². The van der Waals surface area contributed by atoms with E-state index in [1.165, 1.54) is 36.4 Å². The van der Waals surface area contributed by atoms with Crippen LogP contribution in [0.25, 0.3) is 0 Å². The third kappa shape index (κ3) is 5.46. The Morgan fingerprint density at radius 3 is 1.56 bits per heavy atom. The topological polar surface area (TPSA) is 137 Å². The Morgan fingerprint density at radius 2 is 1.15 bits per heavy atom. The molecule has 0 radical (unpaired) electrons. The number of hydrogen-bond acceptors (Lipinski definition) is 6. The first-order chi connectivity index (χ1) is 12.8. The van der Waals surface area contributed by atoms with E-state index in [1.807, 2.05) is 0 Å². The molecule has 2 aromatic rings. The zero-order chi connectivity index (χ0) is 20.0. The number of anilines is 2. The minimum absolute atomic E-state index is 0.110. The van der Waals surface area contributed by atoms with Crippen molar-refractivity contribution in [1.82, 2.24) is 0 Å². The molecule has 0 heterocycles. The van der Waals surface area contributed by atoms with Gasteiger partial charge in [-0.15, -0.1) is 0 Å². The average molecular weight is 366 g/mol. The van der Waals surface area contributed by atoms with Crippen LogP contribution < -0.4 is 26.8 Å². The largest absolute Gasteiger partial charge is 0.423 e. The van der Waals surface area contributed by atoms with Crippen molar-refractivity contribution in [1.29, 1.82) is 0 Å². The van der Waals surface area contributed by atoms with Gasteiger partial charge < -0.3 is 26.8 Å². The highest BCUT2D eigenvalue weighted by Gasteiger charge is 2.10. The molecule has 0 aliphatic carbocycles. The average Bonchev–Trinajstić information content (AvgIpc) is 2.63. The molecule has 2 amide bonds. The monoisotopic (exact) mass is 366 g/mol. The van der Waals surface area contributed by atoms with Crippen LogP contribution >= 0.6 is 0 Å². The quantitative estimate of drug-likeness (QED) is 0.349. The minimum atomic E-state index is -0.580. The predicted molar refractivity (Wildman–Crippen MR) is 102 cm³/mol. The van der Waals surface area contributed by atoms with Crippen LogP contribution in [0.4, 0.5) is 11.4 Å². The van der Waals surface area contributed by atoms with Crippen LogP contribution in [0.5, 0.6) is 5.75 Å². The van der Waals surface area contributed by atoms with E-state index in [0.29, 0.717) is 17.1 Å². The Balaban J connectivity index is 1.98. The fourth-order valence-corrected chi connectivity index (χ4v) is 1.88. The van der Waals surface area contributed by atoms with Gasteiger partial charge in [0.05, 0.1) is 17.0 Å². The molecule has 6 N–H and O–H groups in total. The molecule has 0 bridgehead atoms. The number of benzene rings is 2. The van der Waals surface area contributed by atoms with E-state index in [0.717, 1.165) is 0 Å². The molecule has 2 rings (SSSR count). The molecule has 138 valence electrons. The number of amides is 2. The van der Waals surface area contributed by atoms with Gasteiger partial charge in [0.25, 0.3) is 11.8 Å². The Morgan fingerprint density at radius 1 is 0.741 bits per heavy atom. The number of esters is 1. The van der Waals surface area contributed by atoms with Gasteiger partial charge in [0.2, 0.25) is 0 Å². The highest BCUT2D eigenvalue weighted by atomic mass is 16.5. The molecule has 8 heteroatoms. The lowest BCUT2D eigenvalue weighted by atomic mass is 10.2. The maximum absolute atomic E-state index is 12.2. The van der Waals surface area contributed by atoms with Gasteiger partial charge in [-0.3, -0.25) is 9.59 Å². The Hall–Kier alpha value is -4.07. The van der Waals surface area contributed by atoms with Crippen molar-refractivity contribution in [3.63, 3.8) is 0 Å². The van der Waals surface area contributed by atoms with Crippen molar-refractivity contribution in [3.05, 3.63) is 78.6 Å². The van der Waals surface area contributed by atoms with E-state index in [1.54, 1.807) is 12.1 Å². The van der Waals surface area contributed by atoms with Gasteiger partial charge in [-0.1, -0.05) is 13.2 Å². The van der Waals surface area contributed by atoms with Crippen LogP contribution in [-0.4, -0.2) is 17.8 Å². The first-order valence-electron chi connectivity index (χ1n) is 7.70. The summed E-state index contributed by atoms with van der Waals surface area (Å²) < 4.78 is 5.25. The Kier molecular flexibility index (Phi) is 5.95. The van der Waals surface area contributed by atoms with E-state index >= 15 is 0 Å². The summed E-state index contributed by atoms with van der Waals surface area (Å²) in [6.45, 7) is 6.67. The van der Waals surface area contributed by atoms with E-state index < -0.39 is 17.8 Å². The van der Waals surface area contributed by atoms with E-state index in [9.17, 15) is 14.4 Å². The van der Waals surface area contributed by atoms with Gasteiger partial charge in [0, 0.05) is 11.4 Å². The second-order valence-corrected chi connectivity index (χ2v) is 5.45.